The zero-order valence-corrected chi connectivity index (χ0v) is 46.2. The molecule has 2 saturated heterocycles. The highest BCUT2D eigenvalue weighted by Gasteiger charge is 2.53. The molecule has 2 aliphatic heterocycles. The standard InChI is InChI=1S/C53H72ClFN10O11S/c1-34-44(77-33-59-34)35-7-8-37(30-57-47(67)41-29-38(66)32-65(41)49(69)45(52(2,3)4)61-50(70)53(55)11-12-53)42(27-35)76-26-25-75-24-23-74-22-21-73-20-19-72-18-17-63-13-15-64(16-14-63)48(68)36-9-10-40(43(28-36)71-6)60-51-58-31-39(54)46(56-5)62-51/h7-10,27-28,31,33,38,41,45,66H,11-26,29-30,32H2,1-6H3,(H,57,67)(H,61,70)(H2,56,58,60,62)/t38-,41-,45?/m1/s1. The van der Waals surface area contributed by atoms with E-state index in [2.05, 4.69) is 41.1 Å². The Morgan fingerprint density at radius 2 is 1.58 bits per heavy atom. The number of aromatic nitrogens is 3. The van der Waals surface area contributed by atoms with Gasteiger partial charge in [-0.25, -0.2) is 14.4 Å². The van der Waals surface area contributed by atoms with Crippen LogP contribution in [0.25, 0.3) is 10.4 Å². The van der Waals surface area contributed by atoms with Crippen LogP contribution in [0.1, 0.15) is 61.6 Å². The molecule has 4 aromatic rings. The van der Waals surface area contributed by atoms with Gasteiger partial charge in [0.2, 0.25) is 17.8 Å². The SMILES string of the molecule is CNc1nc(Nc2ccc(C(=O)N3CCN(CCOCCOCCOCCOCCOc4cc(-c5scnc5C)ccc4CNC(=O)[C@H]4C[C@@H](O)CN4C(=O)C(NC(=O)C4(F)CC4)C(C)(C)C)CC3)cc2OC)ncc1Cl. The maximum Gasteiger partial charge on any atom is 0.258 e. The molecule has 1 unspecified atom stereocenters. The molecule has 3 aliphatic rings. The van der Waals surface area contributed by atoms with Gasteiger partial charge in [-0.2, -0.15) is 4.98 Å². The molecule has 0 radical (unpaired) electrons. The number of methoxy groups -OCH3 is 1. The summed E-state index contributed by atoms with van der Waals surface area (Å²) in [5.74, 6) is -0.0984. The van der Waals surface area contributed by atoms with Crippen molar-refractivity contribution >= 4 is 64.0 Å². The summed E-state index contributed by atoms with van der Waals surface area (Å²) in [6, 6.07) is 8.82. The van der Waals surface area contributed by atoms with E-state index in [1.165, 1.54) is 22.4 Å². The van der Waals surface area contributed by atoms with Crippen molar-refractivity contribution in [3.8, 4) is 21.9 Å². The van der Waals surface area contributed by atoms with Gasteiger partial charge in [0, 0.05) is 70.4 Å². The van der Waals surface area contributed by atoms with Crippen LogP contribution in [0.15, 0.2) is 48.1 Å². The number of β-amino-alcohol motifs (C(OH)–C–C–N with tert-alkyl or cyclic N) is 1. The summed E-state index contributed by atoms with van der Waals surface area (Å²) in [4.78, 5) is 73.1. The lowest BCUT2D eigenvalue weighted by atomic mass is 9.85. The molecule has 21 nitrogen and oxygen atoms in total. The van der Waals surface area contributed by atoms with Crippen molar-refractivity contribution in [1.82, 2.24) is 40.3 Å². The number of benzene rings is 2. The van der Waals surface area contributed by atoms with E-state index in [1.54, 1.807) is 58.6 Å². The number of amides is 4. The Morgan fingerprint density at radius 3 is 2.21 bits per heavy atom. The average molecular weight is 1110 g/mol. The van der Waals surface area contributed by atoms with Crippen LogP contribution in [0.3, 0.4) is 0 Å². The molecule has 4 heterocycles. The minimum absolute atomic E-state index is 0.0119. The number of rotatable bonds is 28. The van der Waals surface area contributed by atoms with Gasteiger partial charge in [0.15, 0.2) is 5.67 Å². The van der Waals surface area contributed by atoms with Crippen LogP contribution in [0.4, 0.5) is 21.8 Å². The highest BCUT2D eigenvalue weighted by atomic mass is 35.5. The van der Waals surface area contributed by atoms with E-state index in [0.29, 0.717) is 104 Å². The maximum atomic E-state index is 14.6. The third kappa shape index (κ3) is 16.4. The Hall–Kier alpha value is -5.79. The van der Waals surface area contributed by atoms with Crippen molar-refractivity contribution in [2.45, 2.75) is 77.4 Å². The molecule has 1 aliphatic carbocycles. The number of thiazole rings is 1. The number of piperazine rings is 1. The van der Waals surface area contributed by atoms with Crippen LogP contribution in [0.5, 0.6) is 11.5 Å². The fourth-order valence-electron chi connectivity index (χ4n) is 8.75. The topological polar surface area (TPSA) is 240 Å². The molecule has 77 heavy (non-hydrogen) atoms. The smallest absolute Gasteiger partial charge is 0.258 e. The Kier molecular flexibility index (Phi) is 21.2. The Bertz CT molecular complexity index is 2630. The van der Waals surface area contributed by atoms with Crippen LogP contribution in [-0.2, 0) is 39.9 Å². The molecule has 2 aromatic carbocycles. The molecule has 0 spiro atoms. The Balaban J connectivity index is 0.749. The molecule has 5 N–H and O–H groups in total. The van der Waals surface area contributed by atoms with Gasteiger partial charge in [-0.1, -0.05) is 44.5 Å². The molecule has 1 saturated carbocycles. The third-order valence-electron chi connectivity index (χ3n) is 13.4. The summed E-state index contributed by atoms with van der Waals surface area (Å²) in [5.41, 5.74) is 2.60. The van der Waals surface area contributed by atoms with Gasteiger partial charge in [0.1, 0.15) is 41.0 Å². The summed E-state index contributed by atoms with van der Waals surface area (Å²) in [6.07, 6.45) is 0.757. The minimum Gasteiger partial charge on any atom is -0.495 e. The van der Waals surface area contributed by atoms with Crippen molar-refractivity contribution in [2.24, 2.45) is 5.41 Å². The van der Waals surface area contributed by atoms with E-state index in [9.17, 15) is 28.7 Å². The molecular weight excluding hydrogens is 1040 g/mol. The van der Waals surface area contributed by atoms with E-state index in [0.717, 1.165) is 35.8 Å². The molecule has 2 aromatic heterocycles. The van der Waals surface area contributed by atoms with E-state index in [4.69, 9.17) is 40.0 Å². The second kappa shape index (κ2) is 27.7. The van der Waals surface area contributed by atoms with Crippen LogP contribution in [-0.4, -0.2) is 195 Å². The van der Waals surface area contributed by atoms with Crippen molar-refractivity contribution in [3.63, 3.8) is 0 Å². The summed E-state index contributed by atoms with van der Waals surface area (Å²) >= 11 is 7.62. The third-order valence-corrected chi connectivity index (χ3v) is 14.6. The number of nitrogens with one attached hydrogen (secondary N) is 4. The molecule has 7 rings (SSSR count). The number of aryl methyl sites for hydroxylation is 1. The second-order valence-corrected chi connectivity index (χ2v) is 21.3. The van der Waals surface area contributed by atoms with Gasteiger partial charge in [-0.05, 0) is 55.0 Å². The van der Waals surface area contributed by atoms with Crippen molar-refractivity contribution < 1.29 is 57.1 Å². The lowest BCUT2D eigenvalue weighted by Crippen LogP contribution is -2.59. The zero-order valence-electron chi connectivity index (χ0n) is 44.7. The summed E-state index contributed by atoms with van der Waals surface area (Å²) in [7, 11) is 3.26. The van der Waals surface area contributed by atoms with Crippen molar-refractivity contribution in [2.75, 3.05) is 124 Å². The average Bonchev–Trinajstić information content (AvgIpc) is 3.84. The first kappa shape index (κ1) is 58.9. The molecule has 3 atom stereocenters. The van der Waals surface area contributed by atoms with Crippen LogP contribution in [0, 0.1) is 12.3 Å². The quantitative estimate of drug-likeness (QED) is 0.0477. The molecule has 0 bridgehead atoms. The number of alkyl halides is 1. The lowest BCUT2D eigenvalue weighted by Gasteiger charge is -2.35. The van der Waals surface area contributed by atoms with Crippen molar-refractivity contribution in [1.29, 1.82) is 0 Å². The molecule has 420 valence electrons. The number of nitrogens with zero attached hydrogens (tertiary/aromatic N) is 6. The van der Waals surface area contributed by atoms with Gasteiger partial charge in [-0.15, -0.1) is 11.3 Å². The van der Waals surface area contributed by atoms with Crippen LogP contribution in [0.2, 0.25) is 5.02 Å². The Morgan fingerprint density at radius 1 is 0.909 bits per heavy atom. The first-order valence-electron chi connectivity index (χ1n) is 25.9. The second-order valence-electron chi connectivity index (χ2n) is 20.1. The highest BCUT2D eigenvalue weighted by Crippen LogP contribution is 2.41. The van der Waals surface area contributed by atoms with Gasteiger partial charge >= 0.3 is 0 Å². The lowest BCUT2D eigenvalue weighted by molar-refractivity contribution is -0.145. The Labute approximate surface area is 457 Å². The maximum absolute atomic E-state index is 14.6. The van der Waals surface area contributed by atoms with E-state index in [1.807, 2.05) is 30.0 Å². The minimum atomic E-state index is -1.98. The summed E-state index contributed by atoms with van der Waals surface area (Å²) in [6.45, 7) is 14.0. The van der Waals surface area contributed by atoms with E-state index < -0.39 is 47.0 Å². The number of ether oxygens (including phenoxy) is 6. The normalized spacial score (nSPS) is 17.7. The predicted octanol–water partition coefficient (Wildman–Crippen LogP) is 4.87. The highest BCUT2D eigenvalue weighted by molar-refractivity contribution is 7.13. The number of likely N-dealkylation sites (tertiary alicyclic amines) is 1. The van der Waals surface area contributed by atoms with Crippen LogP contribution < -0.4 is 30.7 Å². The predicted molar refractivity (Wildman–Crippen MR) is 289 cm³/mol. The van der Waals surface area contributed by atoms with Gasteiger partial charge in [0.05, 0.1) is 94.0 Å². The van der Waals surface area contributed by atoms with E-state index in [-0.39, 0.29) is 51.5 Å². The van der Waals surface area contributed by atoms with Gasteiger partial charge in [0.25, 0.3) is 11.8 Å². The summed E-state index contributed by atoms with van der Waals surface area (Å²) < 4.78 is 49.4. The molecule has 3 fully saturated rings. The number of hydrogen-bond donors (Lipinski definition) is 5. The fourth-order valence-corrected chi connectivity index (χ4v) is 9.73. The monoisotopic (exact) mass is 1110 g/mol. The first-order chi connectivity index (χ1) is 37.0. The fraction of sp³-hybridized carbons (Fsp3) is 0.566. The number of halogens is 2. The van der Waals surface area contributed by atoms with Gasteiger partial charge < -0.3 is 64.6 Å². The number of hydrogen-bond acceptors (Lipinski definition) is 18. The number of carbonyl (C=O) groups is 4. The number of carbonyl (C=O) groups excluding carboxylic acids is 4. The van der Waals surface area contributed by atoms with Gasteiger partial charge in [-0.3, -0.25) is 24.1 Å². The molecule has 4 amide bonds. The zero-order chi connectivity index (χ0) is 55.1. The van der Waals surface area contributed by atoms with Crippen LogP contribution >= 0.6 is 22.9 Å². The number of aliphatic hydroxyl groups is 1. The molecule has 24 heteroatoms. The number of anilines is 3. The largest absolute Gasteiger partial charge is 0.495 e. The van der Waals surface area contributed by atoms with Crippen molar-refractivity contribution in [3.05, 3.63) is 69.9 Å². The first-order valence-corrected chi connectivity index (χ1v) is 27.1. The number of aliphatic hydroxyl groups excluding tert-OH is 1. The molecular formula is C53H72ClFN10O11S. The van der Waals surface area contributed by atoms with E-state index >= 15 is 0 Å². The summed E-state index contributed by atoms with van der Waals surface area (Å²) in [5, 5.41) is 22.6.